The first-order chi connectivity index (χ1) is 12.0. The number of benzene rings is 2. The number of hydrogen-bond donors (Lipinski definition) is 0. The molecule has 2 aromatic carbocycles. The quantitative estimate of drug-likeness (QED) is 0.522. The van der Waals surface area contributed by atoms with Gasteiger partial charge < -0.3 is 4.57 Å². The van der Waals surface area contributed by atoms with Gasteiger partial charge in [-0.3, -0.25) is 9.36 Å². The third-order valence-corrected chi connectivity index (χ3v) is 4.55. The lowest BCUT2D eigenvalue weighted by Gasteiger charge is -2.18. The van der Waals surface area contributed by atoms with Crippen molar-refractivity contribution in [2.45, 2.75) is 6.54 Å². The zero-order valence-electron chi connectivity index (χ0n) is 13.4. The Balaban J connectivity index is 2.06. The predicted molar refractivity (Wildman–Crippen MR) is 98.4 cm³/mol. The zero-order valence-corrected chi connectivity index (χ0v) is 14.2. The van der Waals surface area contributed by atoms with Crippen LogP contribution in [0.4, 0.5) is 0 Å². The number of para-hydroxylation sites is 1. The average Bonchev–Trinajstić information content (AvgIpc) is 2.62. The highest BCUT2D eigenvalue weighted by atomic mass is 35.5. The average molecular weight is 352 g/mol. The summed E-state index contributed by atoms with van der Waals surface area (Å²) in [4.78, 5) is 28.7. The van der Waals surface area contributed by atoms with Crippen molar-refractivity contribution in [3.63, 3.8) is 0 Å². The monoisotopic (exact) mass is 351 g/mol. The summed E-state index contributed by atoms with van der Waals surface area (Å²) in [5, 5.41) is 1.58. The number of fused-ring (bicyclic) bond motifs is 2. The molecule has 0 aliphatic carbocycles. The van der Waals surface area contributed by atoms with Crippen LogP contribution in [0.5, 0.6) is 0 Å². The van der Waals surface area contributed by atoms with Crippen molar-refractivity contribution in [1.29, 1.82) is 0 Å². The summed E-state index contributed by atoms with van der Waals surface area (Å²) in [6, 6.07) is 17.0. The molecule has 2 aliphatic rings. The number of halogens is 1. The molecule has 0 unspecified atom stereocenters. The van der Waals surface area contributed by atoms with Crippen molar-refractivity contribution in [3.05, 3.63) is 86.0 Å². The van der Waals surface area contributed by atoms with Crippen LogP contribution in [0.25, 0.3) is 22.3 Å². The first-order valence-electron chi connectivity index (χ1n) is 7.78. The Morgan fingerprint density at radius 2 is 1.76 bits per heavy atom. The number of nitrogens with zero attached hydrogens (tertiary/aromatic N) is 3. The summed E-state index contributed by atoms with van der Waals surface area (Å²) in [6.07, 6.45) is 0. The molecule has 2 aromatic rings. The summed E-state index contributed by atoms with van der Waals surface area (Å²) in [5.74, 6) is 0.391. The van der Waals surface area contributed by atoms with Gasteiger partial charge in [0, 0.05) is 18.6 Å². The SMILES string of the molecule is Cn1c(=O)nc2n(Cc3ccc(Cl)cc3)c3ccccc3cc-2c1=O. The van der Waals surface area contributed by atoms with Gasteiger partial charge in [0.15, 0.2) is 5.82 Å². The lowest BCUT2D eigenvalue weighted by Crippen LogP contribution is -2.36. The Labute approximate surface area is 148 Å². The van der Waals surface area contributed by atoms with Crippen LogP contribution < -0.4 is 11.2 Å². The van der Waals surface area contributed by atoms with Crippen LogP contribution in [0.15, 0.2) is 64.2 Å². The first kappa shape index (κ1) is 15.6. The van der Waals surface area contributed by atoms with E-state index in [2.05, 4.69) is 4.98 Å². The molecule has 0 atom stereocenters. The summed E-state index contributed by atoms with van der Waals surface area (Å²) >= 11 is 5.96. The second-order valence-electron chi connectivity index (χ2n) is 5.91. The molecule has 2 aliphatic heterocycles. The van der Waals surface area contributed by atoms with Gasteiger partial charge in [-0.25, -0.2) is 4.79 Å². The van der Waals surface area contributed by atoms with Gasteiger partial charge in [-0.15, -0.1) is 0 Å². The molecule has 2 heterocycles. The van der Waals surface area contributed by atoms with Crippen molar-refractivity contribution in [2.75, 3.05) is 0 Å². The summed E-state index contributed by atoms with van der Waals surface area (Å²) < 4.78 is 2.93. The van der Waals surface area contributed by atoms with Gasteiger partial charge in [0.25, 0.3) is 5.56 Å². The van der Waals surface area contributed by atoms with Crippen molar-refractivity contribution in [2.24, 2.45) is 7.05 Å². The van der Waals surface area contributed by atoms with E-state index in [1.54, 1.807) is 6.07 Å². The maximum atomic E-state index is 12.5. The number of pyridine rings is 1. The lowest BCUT2D eigenvalue weighted by atomic mass is 10.1. The number of aromatic nitrogens is 3. The second kappa shape index (κ2) is 5.86. The molecule has 124 valence electrons. The van der Waals surface area contributed by atoms with E-state index < -0.39 is 5.69 Å². The van der Waals surface area contributed by atoms with Gasteiger partial charge in [-0.1, -0.05) is 41.9 Å². The van der Waals surface area contributed by atoms with Gasteiger partial charge in [0.2, 0.25) is 0 Å². The van der Waals surface area contributed by atoms with E-state index in [-0.39, 0.29) is 5.56 Å². The minimum atomic E-state index is -0.558. The molecule has 0 fully saturated rings. The Hall–Kier alpha value is -2.92. The molecule has 0 spiro atoms. The maximum absolute atomic E-state index is 12.5. The molecule has 0 radical (unpaired) electrons. The number of hydrogen-bond acceptors (Lipinski definition) is 3. The summed E-state index contributed by atoms with van der Waals surface area (Å²) in [7, 11) is 1.44. The maximum Gasteiger partial charge on any atom is 0.352 e. The fourth-order valence-electron chi connectivity index (χ4n) is 2.98. The van der Waals surface area contributed by atoms with E-state index in [9.17, 15) is 9.59 Å². The highest BCUT2D eigenvalue weighted by Gasteiger charge is 2.18. The van der Waals surface area contributed by atoms with Crippen LogP contribution in [0, 0.1) is 0 Å². The highest BCUT2D eigenvalue weighted by molar-refractivity contribution is 6.30. The van der Waals surface area contributed by atoms with Gasteiger partial charge in [-0.2, -0.15) is 4.98 Å². The lowest BCUT2D eigenvalue weighted by molar-refractivity contribution is 0.738. The topological polar surface area (TPSA) is 56.9 Å². The molecule has 25 heavy (non-hydrogen) atoms. The molecule has 0 bridgehead atoms. The Bertz CT molecular complexity index is 1180. The minimum absolute atomic E-state index is 0.342. The Morgan fingerprint density at radius 3 is 2.52 bits per heavy atom. The van der Waals surface area contributed by atoms with Crippen molar-refractivity contribution >= 4 is 22.5 Å². The van der Waals surface area contributed by atoms with Crippen LogP contribution in [0.2, 0.25) is 5.02 Å². The van der Waals surface area contributed by atoms with Crippen molar-refractivity contribution < 1.29 is 0 Å². The normalized spacial score (nSPS) is 11.3. The Kier molecular flexibility index (Phi) is 3.66. The molecule has 0 N–H and O–H groups in total. The van der Waals surface area contributed by atoms with Gasteiger partial charge in [-0.05, 0) is 35.2 Å². The molecular weight excluding hydrogens is 338 g/mol. The van der Waals surface area contributed by atoms with E-state index >= 15 is 0 Å². The largest absolute Gasteiger partial charge is 0.352 e. The van der Waals surface area contributed by atoms with Gasteiger partial charge >= 0.3 is 5.69 Å². The van der Waals surface area contributed by atoms with Crippen LogP contribution in [0.1, 0.15) is 5.56 Å². The zero-order chi connectivity index (χ0) is 17.6. The van der Waals surface area contributed by atoms with Crippen LogP contribution in [0.3, 0.4) is 0 Å². The molecule has 0 saturated heterocycles. The molecule has 0 aromatic heterocycles. The predicted octanol–water partition coefficient (Wildman–Crippen LogP) is 2.90. The van der Waals surface area contributed by atoms with E-state index in [4.69, 9.17) is 11.6 Å². The fourth-order valence-corrected chi connectivity index (χ4v) is 3.10. The van der Waals surface area contributed by atoms with E-state index in [1.165, 1.54) is 7.05 Å². The molecular formula is C19H14ClN3O2. The third-order valence-electron chi connectivity index (χ3n) is 4.30. The number of rotatable bonds is 2. The molecule has 0 amide bonds. The van der Waals surface area contributed by atoms with Crippen LogP contribution >= 0.6 is 11.6 Å². The van der Waals surface area contributed by atoms with E-state index in [0.717, 1.165) is 21.0 Å². The standard InChI is InChI=1S/C19H14ClN3O2/c1-22-18(24)15-10-13-4-2-3-5-16(13)23(17(15)21-19(22)25)11-12-6-8-14(20)9-7-12/h2-10H,11H2,1H3. The smallest absolute Gasteiger partial charge is 0.321 e. The second-order valence-corrected chi connectivity index (χ2v) is 6.35. The fraction of sp³-hybridized carbons (Fsp3) is 0.105. The van der Waals surface area contributed by atoms with Crippen LogP contribution in [-0.2, 0) is 13.6 Å². The minimum Gasteiger partial charge on any atom is -0.321 e. The molecule has 0 saturated carbocycles. The van der Waals surface area contributed by atoms with Gasteiger partial charge in [0.05, 0.1) is 11.1 Å². The summed E-state index contributed by atoms with van der Waals surface area (Å²) in [5.41, 5.74) is 1.44. The van der Waals surface area contributed by atoms with Crippen LogP contribution in [-0.4, -0.2) is 14.1 Å². The van der Waals surface area contributed by atoms with Gasteiger partial charge in [0.1, 0.15) is 0 Å². The molecule has 6 heteroatoms. The Morgan fingerprint density at radius 1 is 1.04 bits per heavy atom. The highest BCUT2D eigenvalue weighted by Crippen LogP contribution is 2.25. The first-order valence-corrected chi connectivity index (χ1v) is 8.16. The van der Waals surface area contributed by atoms with Crippen molar-refractivity contribution in [3.8, 4) is 11.4 Å². The third kappa shape index (κ3) is 2.62. The molecule has 4 rings (SSSR count). The van der Waals surface area contributed by atoms with E-state index in [1.807, 2.05) is 53.1 Å². The van der Waals surface area contributed by atoms with E-state index in [0.29, 0.717) is 23.0 Å². The van der Waals surface area contributed by atoms with Crippen molar-refractivity contribution in [1.82, 2.24) is 14.1 Å². The summed E-state index contributed by atoms with van der Waals surface area (Å²) in [6.45, 7) is 0.481. The molecule has 5 nitrogen and oxygen atoms in total.